The summed E-state index contributed by atoms with van der Waals surface area (Å²) in [6.45, 7) is 20.8. The van der Waals surface area contributed by atoms with Gasteiger partial charge in [-0.15, -0.1) is 0 Å². The zero-order valence-corrected chi connectivity index (χ0v) is 72.2. The zero-order valence-electron chi connectivity index (χ0n) is 70.6. The lowest BCUT2D eigenvalue weighted by Gasteiger charge is -2.12. The first-order valence-corrected chi connectivity index (χ1v) is 41.5. The van der Waals surface area contributed by atoms with Gasteiger partial charge >= 0.3 is 6.18 Å². The highest BCUT2D eigenvalue weighted by Gasteiger charge is 2.30. The third-order valence-electron chi connectivity index (χ3n) is 19.4. The van der Waals surface area contributed by atoms with Crippen LogP contribution in [-0.4, -0.2) is 64.8 Å². The van der Waals surface area contributed by atoms with Crippen LogP contribution in [0.1, 0.15) is 152 Å². The summed E-state index contributed by atoms with van der Waals surface area (Å²) in [6.07, 6.45) is 2.28. The molecule has 16 rings (SSSR count). The quantitative estimate of drug-likeness (QED) is 0.0442. The normalized spacial score (nSPS) is 10.9. The molecule has 0 aliphatic rings. The molecule has 0 spiro atoms. The van der Waals surface area contributed by atoms with Crippen LogP contribution in [0.3, 0.4) is 0 Å². The maximum atomic E-state index is 13.1. The number of aromatic nitrogens is 13. The summed E-state index contributed by atoms with van der Waals surface area (Å²) in [5.74, 6) is 8.25. The third kappa shape index (κ3) is 28.1. The van der Waals surface area contributed by atoms with Gasteiger partial charge in [-0.2, -0.15) is 53.0 Å². The first kappa shape index (κ1) is 86.9. The van der Waals surface area contributed by atoms with Crippen LogP contribution in [0, 0.1) is 69.2 Å². The first-order chi connectivity index (χ1) is 59.3. The van der Waals surface area contributed by atoms with Gasteiger partial charge in [-0.3, -0.25) is 0 Å². The lowest BCUT2D eigenvalue weighted by atomic mass is 10.1. The predicted octanol–water partition coefficient (Wildman–Crippen LogP) is 23.4. The van der Waals surface area contributed by atoms with Gasteiger partial charge in [0.25, 0.3) is 0 Å². The van der Waals surface area contributed by atoms with E-state index in [-0.39, 0.29) is 11.6 Å². The molecule has 0 aliphatic heterocycles. The van der Waals surface area contributed by atoms with Gasteiger partial charge < -0.3 is 21.3 Å². The lowest BCUT2D eigenvalue weighted by molar-refractivity contribution is -0.137. The molecule has 0 amide bonds. The van der Waals surface area contributed by atoms with Gasteiger partial charge in [-0.05, 0) is 192 Å². The molecule has 0 atom stereocenters. The standard InChI is InChI=1S/C27H28N4.C26H23F3N4.C25H23BrN4.C24H23N5/c1-18-7-5-9-22(12-18)16-25-29-26(17-23-10-6-8-19(2)13-23)31-27(30-25)28-24-14-20(3)11-21(4)15-24;1-17-6-3-8-19(12-17)14-23-31-24(15-20-9-4-7-18(2)13-20)33-25(32-23)30-22-11-5-10-21(16-22)26(27,28)29;1-17-5-3-7-19(13-17)15-23-28-24(16-20-8-4-6-18(2)14-20)30-25(29-23)27-22-11-9-21(26)10-12-22;1-17-7-5-9-19(13-17)15-22-26-23(16-20-10-6-8-18(2)14-20)29-24(28-22)27-21-11-3-4-12-25-21/h5-15H,16-17H2,1-4H3,(H,28,29,30,31);3-13,16H,14-15H2,1-2H3,(H,30,31,32,33);3-14H,15-16H2,1-2H3,(H,27,28,29,30);3-14H,15-16H2,1-2H3,(H,25,26,27,28,29). The number of rotatable bonds is 24. The molecule has 123 heavy (non-hydrogen) atoms. The molecule has 0 bridgehead atoms. The van der Waals surface area contributed by atoms with Crippen molar-refractivity contribution in [2.75, 3.05) is 21.3 Å². The number of hydrogen-bond acceptors (Lipinski definition) is 17. The van der Waals surface area contributed by atoms with Gasteiger partial charge in [0.15, 0.2) is 0 Å². The highest BCUT2D eigenvalue weighted by Crippen LogP contribution is 2.32. The second kappa shape index (κ2) is 41.9. The van der Waals surface area contributed by atoms with E-state index in [9.17, 15) is 13.2 Å². The summed E-state index contributed by atoms with van der Waals surface area (Å²) in [5, 5.41) is 12.9. The van der Waals surface area contributed by atoms with Gasteiger partial charge in [0.2, 0.25) is 23.8 Å². The summed E-state index contributed by atoms with van der Waals surface area (Å²) in [5.41, 5.74) is 22.8. The van der Waals surface area contributed by atoms with Crippen molar-refractivity contribution >= 4 is 62.6 Å². The molecule has 17 nitrogen and oxygen atoms in total. The number of aryl methyl sites for hydroxylation is 10. The van der Waals surface area contributed by atoms with Gasteiger partial charge in [0.1, 0.15) is 52.4 Å². The van der Waals surface area contributed by atoms with Gasteiger partial charge in [0, 0.05) is 79.1 Å². The second-order valence-electron chi connectivity index (χ2n) is 31.0. The van der Waals surface area contributed by atoms with Crippen LogP contribution in [0.25, 0.3) is 0 Å². The third-order valence-corrected chi connectivity index (χ3v) is 19.9. The Bertz CT molecular complexity index is 5980. The van der Waals surface area contributed by atoms with E-state index in [0.717, 1.165) is 85.2 Å². The van der Waals surface area contributed by atoms with E-state index < -0.39 is 11.7 Å². The highest BCUT2D eigenvalue weighted by atomic mass is 79.9. The minimum absolute atomic E-state index is 0.217. The molecule has 0 radical (unpaired) electrons. The van der Waals surface area contributed by atoms with Crippen molar-refractivity contribution in [1.82, 2.24) is 64.8 Å². The van der Waals surface area contributed by atoms with Gasteiger partial charge in [0.05, 0.1) is 5.56 Å². The molecule has 0 unspecified atom stereocenters. The predicted molar refractivity (Wildman–Crippen MR) is 490 cm³/mol. The maximum Gasteiger partial charge on any atom is 0.416 e. The Morgan fingerprint density at radius 1 is 0.236 bits per heavy atom. The average Bonchev–Trinajstić information content (AvgIpc) is 0.837. The molecule has 618 valence electrons. The molecule has 0 saturated heterocycles. The summed E-state index contributed by atoms with van der Waals surface area (Å²) in [4.78, 5) is 60.4. The van der Waals surface area contributed by atoms with E-state index in [0.29, 0.717) is 86.7 Å². The molecule has 5 aromatic heterocycles. The van der Waals surface area contributed by atoms with Gasteiger partial charge in [-0.1, -0.05) is 273 Å². The molecule has 11 aromatic carbocycles. The minimum Gasteiger partial charge on any atom is -0.324 e. The van der Waals surface area contributed by atoms with E-state index in [2.05, 4.69) is 298 Å². The van der Waals surface area contributed by atoms with E-state index in [1.165, 1.54) is 84.0 Å². The zero-order chi connectivity index (χ0) is 86.2. The molecule has 0 aliphatic carbocycles. The summed E-state index contributed by atoms with van der Waals surface area (Å²) < 4.78 is 40.4. The van der Waals surface area contributed by atoms with Gasteiger partial charge in [-0.25, -0.2) is 24.9 Å². The van der Waals surface area contributed by atoms with Crippen molar-refractivity contribution in [2.45, 2.75) is 127 Å². The van der Waals surface area contributed by atoms with E-state index >= 15 is 0 Å². The number of nitrogens with one attached hydrogen (secondary N) is 4. The molecular formula is C102H97BrF3N17. The lowest BCUT2D eigenvalue weighted by Crippen LogP contribution is -2.10. The number of alkyl halides is 3. The van der Waals surface area contributed by atoms with E-state index in [4.69, 9.17) is 34.9 Å². The van der Waals surface area contributed by atoms with Crippen molar-refractivity contribution in [2.24, 2.45) is 0 Å². The number of nitrogens with zero attached hydrogens (tertiary/aromatic N) is 13. The Kier molecular flexibility index (Phi) is 29.6. The first-order valence-electron chi connectivity index (χ1n) is 40.7. The number of benzene rings is 11. The van der Waals surface area contributed by atoms with Crippen molar-refractivity contribution < 1.29 is 13.2 Å². The Morgan fingerprint density at radius 3 is 0.772 bits per heavy atom. The molecule has 4 N–H and O–H groups in total. The Morgan fingerprint density at radius 2 is 0.504 bits per heavy atom. The van der Waals surface area contributed by atoms with Crippen molar-refractivity contribution in [3.63, 3.8) is 0 Å². The van der Waals surface area contributed by atoms with Crippen LogP contribution < -0.4 is 21.3 Å². The topological polar surface area (TPSA) is 216 Å². The SMILES string of the molecule is Cc1cccc(Cc2nc(Cc3cccc(C)c3)nc(Nc3cc(C)cc(C)c3)n2)c1.Cc1cccc(Cc2nc(Cc3cccc(C)c3)nc(Nc3ccc(Br)cc3)n2)c1.Cc1cccc(Cc2nc(Cc3cccc(C)c3)nc(Nc3cccc(C(F)(F)F)c3)n2)c1.Cc1cccc(Cc2nc(Cc3cccc(C)c3)nc(Nc3ccccn3)n2)c1. The van der Waals surface area contributed by atoms with Crippen LogP contribution >= 0.6 is 15.9 Å². The van der Waals surface area contributed by atoms with Crippen LogP contribution in [-0.2, 0) is 57.5 Å². The summed E-state index contributed by atoms with van der Waals surface area (Å²) >= 11 is 3.47. The number of halogens is 4. The van der Waals surface area contributed by atoms with Crippen molar-refractivity contribution in [1.29, 1.82) is 0 Å². The fraction of sp³-hybridized carbons (Fsp3) is 0.186. The maximum absolute atomic E-state index is 13.1. The van der Waals surface area contributed by atoms with Crippen LogP contribution in [0.4, 0.5) is 59.8 Å². The Balaban J connectivity index is 0.000000141. The fourth-order valence-electron chi connectivity index (χ4n) is 14.1. The number of hydrogen-bond donors (Lipinski definition) is 4. The van der Waals surface area contributed by atoms with E-state index in [1.54, 1.807) is 12.3 Å². The minimum atomic E-state index is -4.43. The smallest absolute Gasteiger partial charge is 0.324 e. The number of pyridine rings is 1. The Labute approximate surface area is 726 Å². The Hall–Kier alpha value is -13.9. The van der Waals surface area contributed by atoms with Crippen molar-refractivity contribution in [3.05, 3.63) is 442 Å². The van der Waals surface area contributed by atoms with Crippen molar-refractivity contribution in [3.8, 4) is 0 Å². The summed E-state index contributed by atoms with van der Waals surface area (Å²) in [6, 6.07) is 91.8. The molecule has 16 aromatic rings. The van der Waals surface area contributed by atoms with Crippen LogP contribution in [0.2, 0.25) is 0 Å². The molecule has 0 fully saturated rings. The second-order valence-corrected chi connectivity index (χ2v) is 31.9. The van der Waals surface area contributed by atoms with E-state index in [1.807, 2.05) is 92.7 Å². The molecule has 21 heteroatoms. The fourth-order valence-corrected chi connectivity index (χ4v) is 14.3. The van der Waals surface area contributed by atoms with Crippen LogP contribution in [0.5, 0.6) is 0 Å². The average molecular weight is 1700 g/mol. The molecule has 5 heterocycles. The summed E-state index contributed by atoms with van der Waals surface area (Å²) in [7, 11) is 0. The highest BCUT2D eigenvalue weighted by molar-refractivity contribution is 9.10. The molecular weight excluding hydrogens is 1600 g/mol. The molecule has 0 saturated carbocycles. The number of anilines is 8. The van der Waals surface area contributed by atoms with Crippen LogP contribution in [0.15, 0.2) is 290 Å². The largest absolute Gasteiger partial charge is 0.416 e. The monoisotopic (exact) mass is 1700 g/mol.